The highest BCUT2D eigenvalue weighted by Gasteiger charge is 2.48. The Labute approximate surface area is 117 Å². The molecule has 0 aliphatic carbocycles. The third-order valence-corrected chi connectivity index (χ3v) is 4.21. The summed E-state index contributed by atoms with van der Waals surface area (Å²) in [6, 6.07) is 10.7. The van der Waals surface area contributed by atoms with Gasteiger partial charge < -0.3 is 5.11 Å². The molecule has 2 aliphatic rings. The van der Waals surface area contributed by atoms with Crippen molar-refractivity contribution in [1.29, 1.82) is 0 Å². The molecule has 0 unspecified atom stereocenters. The second kappa shape index (κ2) is 5.39. The van der Waals surface area contributed by atoms with Crippen molar-refractivity contribution in [2.75, 3.05) is 12.4 Å². The zero-order valence-electron chi connectivity index (χ0n) is 10.7. The molecule has 0 saturated carbocycles. The van der Waals surface area contributed by atoms with Crippen LogP contribution in [0, 0.1) is 0 Å². The van der Waals surface area contributed by atoms with Crippen LogP contribution < -0.4 is 0 Å². The molecule has 1 fully saturated rings. The van der Waals surface area contributed by atoms with Crippen LogP contribution >= 0.6 is 11.6 Å². The van der Waals surface area contributed by atoms with E-state index in [-0.39, 0.29) is 18.1 Å². The molecule has 2 atom stereocenters. The second-order valence-corrected chi connectivity index (χ2v) is 5.39. The summed E-state index contributed by atoms with van der Waals surface area (Å²) >= 11 is 5.93. The van der Waals surface area contributed by atoms with E-state index >= 15 is 0 Å². The number of piperidine rings is 1. The molecule has 3 rings (SSSR count). The maximum Gasteiger partial charge on any atom is 0.475 e. The van der Waals surface area contributed by atoms with Crippen molar-refractivity contribution in [3.05, 3.63) is 35.9 Å². The number of aliphatic hydroxyl groups is 1. The Morgan fingerprint density at radius 3 is 2.84 bits per heavy atom. The average Bonchev–Trinajstić information content (AvgIpc) is 2.71. The highest BCUT2D eigenvalue weighted by Crippen LogP contribution is 2.25. The monoisotopic (exact) mass is 281 g/mol. The van der Waals surface area contributed by atoms with Crippen LogP contribution in [0.5, 0.6) is 0 Å². The number of alkyl halides is 1. The number of amidine groups is 1. The number of benzene rings is 1. The van der Waals surface area contributed by atoms with E-state index in [1.165, 1.54) is 0 Å². The van der Waals surface area contributed by atoms with Crippen molar-refractivity contribution >= 4 is 17.6 Å². The third kappa shape index (κ3) is 2.42. The van der Waals surface area contributed by atoms with Crippen LogP contribution in [0.25, 0.3) is 0 Å². The summed E-state index contributed by atoms with van der Waals surface area (Å²) in [5.74, 6) is 0.545. The first kappa shape index (κ1) is 12.8. The summed E-state index contributed by atoms with van der Waals surface area (Å²) in [5, 5.41) is 11.9. The first-order valence-electron chi connectivity index (χ1n) is 6.64. The van der Waals surface area contributed by atoms with Crippen LogP contribution in [0.4, 0.5) is 0 Å². The minimum Gasteiger partial charge on any atom is -0.445 e. The molecule has 1 aromatic carbocycles. The fourth-order valence-electron chi connectivity index (χ4n) is 2.78. The van der Waals surface area contributed by atoms with Gasteiger partial charge in [-0.2, -0.15) is 4.84 Å². The van der Waals surface area contributed by atoms with E-state index in [2.05, 4.69) is 0 Å². The van der Waals surface area contributed by atoms with Gasteiger partial charge in [0.25, 0.3) is 0 Å². The van der Waals surface area contributed by atoms with Gasteiger partial charge in [-0.15, -0.1) is 11.6 Å². The number of aliphatic hydroxyl groups excluding tert-OH is 1. The summed E-state index contributed by atoms with van der Waals surface area (Å²) in [7, 11) is 0. The molecule has 2 heterocycles. The lowest BCUT2D eigenvalue weighted by Crippen LogP contribution is -2.38. The molecule has 102 valence electrons. The molecule has 1 saturated heterocycles. The highest BCUT2D eigenvalue weighted by atomic mass is 35.5. The van der Waals surface area contributed by atoms with E-state index in [1.807, 2.05) is 34.9 Å². The fourth-order valence-corrected chi connectivity index (χ4v) is 3.10. The fraction of sp³-hybridized carbons (Fsp3) is 0.500. The van der Waals surface area contributed by atoms with Gasteiger partial charge in [0, 0.05) is 0 Å². The van der Waals surface area contributed by atoms with Crippen LogP contribution in [0.2, 0.25) is 0 Å². The molecule has 0 aromatic heterocycles. The molecule has 5 heteroatoms. The molecule has 2 bridgehead atoms. The van der Waals surface area contributed by atoms with Crippen LogP contribution in [0.3, 0.4) is 0 Å². The normalized spacial score (nSPS) is 26.1. The van der Waals surface area contributed by atoms with Crippen LogP contribution in [-0.4, -0.2) is 45.3 Å². The highest BCUT2D eigenvalue weighted by molar-refractivity contribution is 6.18. The van der Waals surface area contributed by atoms with Crippen molar-refractivity contribution in [2.24, 2.45) is 0 Å². The van der Waals surface area contributed by atoms with Crippen molar-refractivity contribution < 1.29 is 14.5 Å². The van der Waals surface area contributed by atoms with Gasteiger partial charge in [-0.25, -0.2) is 4.58 Å². The molecule has 19 heavy (non-hydrogen) atoms. The molecule has 2 aliphatic heterocycles. The summed E-state index contributed by atoms with van der Waals surface area (Å²) in [6.07, 6.45) is 2.01. The van der Waals surface area contributed by atoms with Crippen molar-refractivity contribution in [2.45, 2.75) is 31.5 Å². The van der Waals surface area contributed by atoms with E-state index in [9.17, 15) is 5.11 Å². The number of hydrogen-bond donors (Lipinski definition) is 1. The van der Waals surface area contributed by atoms with Gasteiger partial charge in [-0.1, -0.05) is 35.4 Å². The number of hydrogen-bond acceptors (Lipinski definition) is 2. The third-order valence-electron chi connectivity index (χ3n) is 3.86. The number of rotatable bonds is 4. The van der Waals surface area contributed by atoms with Crippen molar-refractivity contribution in [1.82, 2.24) is 5.06 Å². The second-order valence-electron chi connectivity index (χ2n) is 5.08. The van der Waals surface area contributed by atoms with Crippen molar-refractivity contribution in [3.8, 4) is 0 Å². The summed E-state index contributed by atoms with van der Waals surface area (Å²) in [6.45, 7) is 1.28. The van der Waals surface area contributed by atoms with E-state index in [0.717, 1.165) is 24.9 Å². The standard InChI is InChI=1S/C14H17ClN2O2/c15-8-12-6-7-13-9-16(12)14(18)17(13)19-10-11-4-2-1-3-5-11/h1-5,12-13H,6-10H2/p+1/t12-,13+/m0/s1. The first-order chi connectivity index (χ1) is 9.29. The number of halogens is 1. The van der Waals surface area contributed by atoms with Gasteiger partial charge in [0.05, 0.1) is 5.88 Å². The molecule has 0 spiro atoms. The topological polar surface area (TPSA) is 35.7 Å². The average molecular weight is 282 g/mol. The van der Waals surface area contributed by atoms with Crippen LogP contribution in [-0.2, 0) is 11.4 Å². The molecule has 0 radical (unpaired) electrons. The van der Waals surface area contributed by atoms with Gasteiger partial charge >= 0.3 is 6.02 Å². The lowest BCUT2D eigenvalue weighted by atomic mass is 10.0. The molecular weight excluding hydrogens is 264 g/mol. The maximum atomic E-state index is 10.2. The van der Waals surface area contributed by atoms with Gasteiger partial charge in [0.15, 0.2) is 6.04 Å². The minimum absolute atomic E-state index is 0.212. The van der Waals surface area contributed by atoms with Crippen LogP contribution in [0.1, 0.15) is 18.4 Å². The van der Waals surface area contributed by atoms with Gasteiger partial charge in [0.2, 0.25) is 0 Å². The maximum absolute atomic E-state index is 10.2. The van der Waals surface area contributed by atoms with E-state index < -0.39 is 0 Å². The smallest absolute Gasteiger partial charge is 0.445 e. The predicted molar refractivity (Wildman–Crippen MR) is 73.4 cm³/mol. The molecule has 1 N–H and O–H groups in total. The lowest BCUT2D eigenvalue weighted by molar-refractivity contribution is -0.570. The predicted octanol–water partition coefficient (Wildman–Crippen LogP) is 2.13. The van der Waals surface area contributed by atoms with E-state index in [0.29, 0.717) is 12.5 Å². The van der Waals surface area contributed by atoms with E-state index in [4.69, 9.17) is 16.4 Å². The zero-order chi connectivity index (χ0) is 13.2. The van der Waals surface area contributed by atoms with Gasteiger partial charge in [0.1, 0.15) is 19.2 Å². The molecular formula is C14H18ClN2O2+. The number of hydroxylamine groups is 2. The Morgan fingerprint density at radius 1 is 1.32 bits per heavy atom. The molecule has 1 aromatic rings. The number of nitrogens with zero attached hydrogens (tertiary/aromatic N) is 2. The Bertz CT molecular complexity index is 478. The Kier molecular flexibility index (Phi) is 3.62. The Morgan fingerprint density at radius 2 is 2.11 bits per heavy atom. The lowest BCUT2D eigenvalue weighted by Gasteiger charge is -2.20. The van der Waals surface area contributed by atoms with Crippen molar-refractivity contribution in [3.63, 3.8) is 0 Å². The SMILES string of the molecule is OC1=[N+]2C[C@@H](CC[C@H]2CCl)N1OCc1ccccc1. The van der Waals surface area contributed by atoms with Gasteiger partial charge in [-0.3, -0.25) is 0 Å². The van der Waals surface area contributed by atoms with Gasteiger partial charge in [-0.05, 0) is 18.4 Å². The molecule has 4 nitrogen and oxygen atoms in total. The largest absolute Gasteiger partial charge is 0.475 e. The summed E-state index contributed by atoms with van der Waals surface area (Å²) < 4.78 is 1.95. The quantitative estimate of drug-likeness (QED) is 0.678. The summed E-state index contributed by atoms with van der Waals surface area (Å²) in [4.78, 5) is 5.77. The Balaban J connectivity index is 1.69. The molecule has 0 amide bonds. The van der Waals surface area contributed by atoms with Crippen LogP contribution in [0.15, 0.2) is 30.3 Å². The Hall–Kier alpha value is -1.26. The first-order valence-corrected chi connectivity index (χ1v) is 7.17. The van der Waals surface area contributed by atoms with E-state index in [1.54, 1.807) is 5.06 Å². The zero-order valence-corrected chi connectivity index (χ0v) is 11.5. The summed E-state index contributed by atoms with van der Waals surface area (Å²) in [5.41, 5.74) is 1.10. The number of fused-ring (bicyclic) bond motifs is 2. The minimum atomic E-state index is 0.212.